The van der Waals surface area contributed by atoms with Crippen molar-refractivity contribution in [1.82, 2.24) is 0 Å². The molecule has 0 spiro atoms. The van der Waals surface area contributed by atoms with Gasteiger partial charge in [0.25, 0.3) is 0 Å². The van der Waals surface area contributed by atoms with Gasteiger partial charge in [-0.05, 0) is 49.7 Å². The Morgan fingerprint density at radius 3 is 2.72 bits per heavy atom. The SMILES string of the molecule is Cc1ccc(Oc2cccc(Cl)c2)c(CCN)c1. The maximum Gasteiger partial charge on any atom is 0.130 e. The highest BCUT2D eigenvalue weighted by Crippen LogP contribution is 2.28. The zero-order valence-corrected chi connectivity index (χ0v) is 11.1. The largest absolute Gasteiger partial charge is 0.457 e. The fraction of sp³-hybridized carbons (Fsp3) is 0.200. The Morgan fingerprint density at radius 1 is 1.17 bits per heavy atom. The van der Waals surface area contributed by atoms with E-state index in [0.717, 1.165) is 23.5 Å². The predicted octanol–water partition coefficient (Wildman–Crippen LogP) is 3.94. The molecule has 2 aromatic carbocycles. The number of hydrogen-bond donors (Lipinski definition) is 1. The zero-order chi connectivity index (χ0) is 13.0. The van der Waals surface area contributed by atoms with Gasteiger partial charge in [-0.2, -0.15) is 0 Å². The van der Waals surface area contributed by atoms with Gasteiger partial charge in [0.2, 0.25) is 0 Å². The molecule has 94 valence electrons. The van der Waals surface area contributed by atoms with Crippen molar-refractivity contribution in [2.75, 3.05) is 6.54 Å². The van der Waals surface area contributed by atoms with E-state index < -0.39 is 0 Å². The van der Waals surface area contributed by atoms with E-state index in [1.165, 1.54) is 5.56 Å². The second-order valence-electron chi connectivity index (χ2n) is 4.21. The van der Waals surface area contributed by atoms with Crippen molar-refractivity contribution in [3.63, 3.8) is 0 Å². The van der Waals surface area contributed by atoms with Crippen LogP contribution in [-0.4, -0.2) is 6.54 Å². The molecular weight excluding hydrogens is 246 g/mol. The highest BCUT2D eigenvalue weighted by molar-refractivity contribution is 6.30. The third kappa shape index (κ3) is 3.25. The summed E-state index contributed by atoms with van der Waals surface area (Å²) >= 11 is 5.94. The number of hydrogen-bond acceptors (Lipinski definition) is 2. The van der Waals surface area contributed by atoms with Crippen molar-refractivity contribution < 1.29 is 4.74 Å². The first-order valence-corrected chi connectivity index (χ1v) is 6.30. The summed E-state index contributed by atoms with van der Waals surface area (Å²) in [6.45, 7) is 2.67. The van der Waals surface area contributed by atoms with Crippen molar-refractivity contribution in [2.45, 2.75) is 13.3 Å². The van der Waals surface area contributed by atoms with Crippen LogP contribution in [0.5, 0.6) is 11.5 Å². The van der Waals surface area contributed by atoms with Crippen molar-refractivity contribution >= 4 is 11.6 Å². The normalized spacial score (nSPS) is 10.4. The molecule has 0 aliphatic heterocycles. The Labute approximate surface area is 112 Å². The first-order chi connectivity index (χ1) is 8.69. The molecule has 0 bridgehead atoms. The molecule has 0 saturated heterocycles. The van der Waals surface area contributed by atoms with Crippen LogP contribution in [0, 0.1) is 6.92 Å². The van der Waals surface area contributed by atoms with Gasteiger partial charge in [0.1, 0.15) is 11.5 Å². The third-order valence-electron chi connectivity index (χ3n) is 2.65. The lowest BCUT2D eigenvalue weighted by Gasteiger charge is -2.11. The quantitative estimate of drug-likeness (QED) is 0.905. The molecule has 0 aliphatic rings. The minimum Gasteiger partial charge on any atom is -0.457 e. The summed E-state index contributed by atoms with van der Waals surface area (Å²) in [6, 6.07) is 13.5. The van der Waals surface area contributed by atoms with Crippen LogP contribution < -0.4 is 10.5 Å². The van der Waals surface area contributed by atoms with Gasteiger partial charge in [-0.15, -0.1) is 0 Å². The molecule has 2 aromatic rings. The number of rotatable bonds is 4. The van der Waals surface area contributed by atoms with Crippen LogP contribution in [0.4, 0.5) is 0 Å². The molecule has 0 saturated carbocycles. The van der Waals surface area contributed by atoms with E-state index in [-0.39, 0.29) is 0 Å². The van der Waals surface area contributed by atoms with E-state index in [1.54, 1.807) is 6.07 Å². The van der Waals surface area contributed by atoms with E-state index in [4.69, 9.17) is 22.1 Å². The minimum atomic E-state index is 0.607. The first kappa shape index (κ1) is 12.9. The highest BCUT2D eigenvalue weighted by Gasteiger charge is 2.05. The number of aryl methyl sites for hydroxylation is 1. The Morgan fingerprint density at radius 2 is 2.00 bits per heavy atom. The molecule has 0 aromatic heterocycles. The molecule has 0 radical (unpaired) electrons. The molecule has 0 heterocycles. The van der Waals surface area contributed by atoms with Gasteiger partial charge in [0, 0.05) is 5.02 Å². The average Bonchev–Trinajstić information content (AvgIpc) is 2.33. The Balaban J connectivity index is 2.28. The van der Waals surface area contributed by atoms with Crippen LogP contribution in [0.1, 0.15) is 11.1 Å². The fourth-order valence-electron chi connectivity index (χ4n) is 1.82. The summed E-state index contributed by atoms with van der Waals surface area (Å²) in [4.78, 5) is 0. The van der Waals surface area contributed by atoms with Crippen LogP contribution in [0.2, 0.25) is 5.02 Å². The summed E-state index contributed by atoms with van der Waals surface area (Å²) in [5.41, 5.74) is 7.95. The maximum atomic E-state index is 5.94. The van der Waals surface area contributed by atoms with Crippen molar-refractivity contribution in [1.29, 1.82) is 0 Å². The number of nitrogens with two attached hydrogens (primary N) is 1. The first-order valence-electron chi connectivity index (χ1n) is 5.92. The smallest absolute Gasteiger partial charge is 0.130 e. The Kier molecular flexibility index (Phi) is 4.24. The highest BCUT2D eigenvalue weighted by atomic mass is 35.5. The van der Waals surface area contributed by atoms with Gasteiger partial charge in [-0.25, -0.2) is 0 Å². The summed E-state index contributed by atoms with van der Waals surface area (Å²) < 4.78 is 5.86. The standard InChI is InChI=1S/C15H16ClNO/c1-11-5-6-15(12(9-11)7-8-17)18-14-4-2-3-13(16)10-14/h2-6,9-10H,7-8,17H2,1H3. The molecule has 0 unspecified atom stereocenters. The lowest BCUT2D eigenvalue weighted by Crippen LogP contribution is -2.04. The van der Waals surface area contributed by atoms with Crippen LogP contribution >= 0.6 is 11.6 Å². The molecule has 18 heavy (non-hydrogen) atoms. The van der Waals surface area contributed by atoms with Crippen LogP contribution in [0.3, 0.4) is 0 Å². The van der Waals surface area contributed by atoms with Crippen LogP contribution in [0.15, 0.2) is 42.5 Å². The molecule has 2 N–H and O–H groups in total. The molecule has 3 heteroatoms. The second kappa shape index (κ2) is 5.89. The molecule has 0 amide bonds. The second-order valence-corrected chi connectivity index (χ2v) is 4.65. The van der Waals surface area contributed by atoms with E-state index in [0.29, 0.717) is 11.6 Å². The summed E-state index contributed by atoms with van der Waals surface area (Å²) in [6.07, 6.45) is 0.803. The molecule has 2 nitrogen and oxygen atoms in total. The van der Waals surface area contributed by atoms with Gasteiger partial charge in [-0.1, -0.05) is 35.4 Å². The summed E-state index contributed by atoms with van der Waals surface area (Å²) in [7, 11) is 0. The fourth-order valence-corrected chi connectivity index (χ4v) is 2.00. The van der Waals surface area contributed by atoms with Crippen molar-refractivity contribution in [3.05, 3.63) is 58.6 Å². The molecule has 0 atom stereocenters. The molecule has 0 aliphatic carbocycles. The van der Waals surface area contributed by atoms with Crippen molar-refractivity contribution in [3.8, 4) is 11.5 Å². The molecular formula is C15H16ClNO. The van der Waals surface area contributed by atoms with Crippen LogP contribution in [-0.2, 0) is 6.42 Å². The van der Waals surface area contributed by atoms with Crippen molar-refractivity contribution in [2.24, 2.45) is 5.73 Å². The van der Waals surface area contributed by atoms with Gasteiger partial charge >= 0.3 is 0 Å². The topological polar surface area (TPSA) is 35.2 Å². The van der Waals surface area contributed by atoms with E-state index in [2.05, 4.69) is 13.0 Å². The van der Waals surface area contributed by atoms with Crippen LogP contribution in [0.25, 0.3) is 0 Å². The van der Waals surface area contributed by atoms with Gasteiger partial charge < -0.3 is 10.5 Å². The minimum absolute atomic E-state index is 0.607. The van der Waals surface area contributed by atoms with E-state index >= 15 is 0 Å². The van der Waals surface area contributed by atoms with Gasteiger partial charge in [-0.3, -0.25) is 0 Å². The van der Waals surface area contributed by atoms with E-state index in [9.17, 15) is 0 Å². The average molecular weight is 262 g/mol. The lowest BCUT2D eigenvalue weighted by atomic mass is 10.1. The van der Waals surface area contributed by atoms with Gasteiger partial charge in [0.05, 0.1) is 0 Å². The number of ether oxygens (including phenoxy) is 1. The molecule has 0 fully saturated rings. The Bertz CT molecular complexity index is 540. The van der Waals surface area contributed by atoms with Gasteiger partial charge in [0.15, 0.2) is 0 Å². The Hall–Kier alpha value is -1.51. The monoisotopic (exact) mass is 261 g/mol. The maximum absolute atomic E-state index is 5.94. The third-order valence-corrected chi connectivity index (χ3v) is 2.89. The zero-order valence-electron chi connectivity index (χ0n) is 10.3. The van der Waals surface area contributed by atoms with E-state index in [1.807, 2.05) is 30.3 Å². The summed E-state index contributed by atoms with van der Waals surface area (Å²) in [5, 5.41) is 0.667. The number of halogens is 1. The molecule has 2 rings (SSSR count). The lowest BCUT2D eigenvalue weighted by molar-refractivity contribution is 0.476. The number of benzene rings is 2. The summed E-state index contributed by atoms with van der Waals surface area (Å²) in [5.74, 6) is 1.58. The predicted molar refractivity (Wildman–Crippen MR) is 75.5 cm³/mol.